The maximum Gasteiger partial charge on any atom is 0.242 e. The van der Waals surface area contributed by atoms with E-state index in [9.17, 15) is 9.18 Å². The lowest BCUT2D eigenvalue weighted by Gasteiger charge is -2.16. The third-order valence-corrected chi connectivity index (χ3v) is 3.79. The first-order valence-electron chi connectivity index (χ1n) is 8.12. The Balaban J connectivity index is 1.90. The molecular weight excluding hydrogens is 323 g/mol. The summed E-state index contributed by atoms with van der Waals surface area (Å²) in [7, 11) is 0. The van der Waals surface area contributed by atoms with Crippen LogP contribution in [0.25, 0.3) is 22.4 Å². The van der Waals surface area contributed by atoms with Crippen molar-refractivity contribution in [2.75, 3.05) is 11.9 Å². The Kier molecular flexibility index (Phi) is 4.87. The number of rotatable bonds is 6. The lowest BCUT2D eigenvalue weighted by atomic mass is 10.2. The Morgan fingerprint density at radius 2 is 2.20 bits per heavy atom. The standard InChI is InChI=1S/C17H19FN6O/c1-3-13(17(25)19-4-2)23-14-5-6-20-16(24-14)12-9-22-15-11(12)7-10(18)8-21-15/h5-9,13H,3-4H2,1-2H3,(H,19,25)(H,21,22)(H,20,23,24)/t13-/m1/s1. The topological polar surface area (TPSA) is 95.6 Å². The number of aromatic amines is 1. The molecule has 3 aromatic rings. The van der Waals surface area contributed by atoms with Gasteiger partial charge in [0, 0.05) is 29.9 Å². The van der Waals surface area contributed by atoms with Crippen LogP contribution in [0.2, 0.25) is 0 Å². The summed E-state index contributed by atoms with van der Waals surface area (Å²) in [6.45, 7) is 4.36. The van der Waals surface area contributed by atoms with Crippen LogP contribution in [0.1, 0.15) is 20.3 Å². The van der Waals surface area contributed by atoms with Crippen LogP contribution in [0.15, 0.2) is 30.7 Å². The molecule has 1 amide bonds. The van der Waals surface area contributed by atoms with Gasteiger partial charge in [-0.1, -0.05) is 6.92 Å². The van der Waals surface area contributed by atoms with Crippen LogP contribution in [-0.4, -0.2) is 38.4 Å². The normalized spacial score (nSPS) is 12.1. The molecule has 0 saturated heterocycles. The van der Waals surface area contributed by atoms with Gasteiger partial charge in [-0.2, -0.15) is 0 Å². The van der Waals surface area contributed by atoms with Gasteiger partial charge in [0.25, 0.3) is 0 Å². The molecule has 0 bridgehead atoms. The SMILES string of the molecule is CCNC(=O)[C@@H](CC)Nc1ccnc(-c2c[nH]c3ncc(F)cc23)n1. The molecule has 7 nitrogen and oxygen atoms in total. The predicted octanol–water partition coefficient (Wildman–Crippen LogP) is 2.49. The average Bonchev–Trinajstić information content (AvgIpc) is 3.03. The highest BCUT2D eigenvalue weighted by Crippen LogP contribution is 2.26. The first-order valence-corrected chi connectivity index (χ1v) is 8.12. The van der Waals surface area contributed by atoms with E-state index in [0.29, 0.717) is 41.2 Å². The number of carbonyl (C=O) groups excluding carboxylic acids is 1. The Morgan fingerprint density at radius 1 is 1.36 bits per heavy atom. The quantitative estimate of drug-likeness (QED) is 0.640. The molecule has 3 heterocycles. The minimum absolute atomic E-state index is 0.0801. The zero-order valence-corrected chi connectivity index (χ0v) is 14.0. The number of carbonyl (C=O) groups is 1. The summed E-state index contributed by atoms with van der Waals surface area (Å²) in [5, 5.41) is 6.51. The molecule has 0 aromatic carbocycles. The summed E-state index contributed by atoms with van der Waals surface area (Å²) < 4.78 is 13.5. The van der Waals surface area contributed by atoms with Crippen LogP contribution in [-0.2, 0) is 4.79 Å². The van der Waals surface area contributed by atoms with Crippen molar-refractivity contribution >= 4 is 22.8 Å². The monoisotopic (exact) mass is 342 g/mol. The number of hydrogen-bond donors (Lipinski definition) is 3. The molecule has 0 fully saturated rings. The number of nitrogens with one attached hydrogen (secondary N) is 3. The largest absolute Gasteiger partial charge is 0.358 e. The summed E-state index contributed by atoms with van der Waals surface area (Å²) >= 11 is 0. The number of pyridine rings is 1. The summed E-state index contributed by atoms with van der Waals surface area (Å²) in [6, 6.07) is 2.70. The van der Waals surface area contributed by atoms with Crippen molar-refractivity contribution in [1.29, 1.82) is 0 Å². The number of halogens is 1. The van der Waals surface area contributed by atoms with E-state index in [1.54, 1.807) is 18.5 Å². The van der Waals surface area contributed by atoms with Crippen LogP contribution < -0.4 is 10.6 Å². The molecule has 0 aliphatic carbocycles. The van der Waals surface area contributed by atoms with Crippen molar-refractivity contribution in [3.63, 3.8) is 0 Å². The second kappa shape index (κ2) is 7.25. The zero-order chi connectivity index (χ0) is 17.8. The predicted molar refractivity (Wildman–Crippen MR) is 93.5 cm³/mol. The van der Waals surface area contributed by atoms with Gasteiger partial charge in [-0.3, -0.25) is 4.79 Å². The number of hydrogen-bond acceptors (Lipinski definition) is 5. The first-order chi connectivity index (χ1) is 12.1. The number of fused-ring (bicyclic) bond motifs is 1. The van der Waals surface area contributed by atoms with Gasteiger partial charge in [0.1, 0.15) is 23.3 Å². The molecule has 3 N–H and O–H groups in total. The summed E-state index contributed by atoms with van der Waals surface area (Å²) in [4.78, 5) is 27.7. The molecule has 0 aliphatic heterocycles. The zero-order valence-electron chi connectivity index (χ0n) is 14.0. The van der Waals surface area contributed by atoms with Gasteiger partial charge in [-0.15, -0.1) is 0 Å². The number of aromatic nitrogens is 4. The third kappa shape index (κ3) is 3.57. The summed E-state index contributed by atoms with van der Waals surface area (Å²) in [5.41, 5.74) is 1.21. The molecule has 0 aliphatic rings. The fourth-order valence-corrected chi connectivity index (χ4v) is 2.56. The summed E-state index contributed by atoms with van der Waals surface area (Å²) in [6.07, 6.45) is 5.06. The lowest BCUT2D eigenvalue weighted by Crippen LogP contribution is -2.39. The summed E-state index contributed by atoms with van der Waals surface area (Å²) in [5.74, 6) is 0.449. The van der Waals surface area contributed by atoms with Gasteiger partial charge in [-0.05, 0) is 25.5 Å². The maximum atomic E-state index is 13.5. The second-order valence-electron chi connectivity index (χ2n) is 5.52. The van der Waals surface area contributed by atoms with E-state index in [4.69, 9.17) is 0 Å². The van der Waals surface area contributed by atoms with Crippen molar-refractivity contribution in [2.24, 2.45) is 0 Å². The smallest absolute Gasteiger partial charge is 0.242 e. The number of H-pyrrole nitrogens is 1. The minimum atomic E-state index is -0.426. The van der Waals surface area contributed by atoms with Crippen LogP contribution in [0.5, 0.6) is 0 Å². The number of likely N-dealkylation sites (N-methyl/N-ethyl adjacent to an activating group) is 1. The third-order valence-electron chi connectivity index (χ3n) is 3.79. The number of amides is 1. The van der Waals surface area contributed by atoms with Gasteiger partial charge in [0.15, 0.2) is 5.82 Å². The van der Waals surface area contributed by atoms with Crippen molar-refractivity contribution in [3.05, 3.63) is 36.5 Å². The Morgan fingerprint density at radius 3 is 2.96 bits per heavy atom. The van der Waals surface area contributed by atoms with Crippen molar-refractivity contribution in [2.45, 2.75) is 26.3 Å². The van der Waals surface area contributed by atoms with Crippen LogP contribution >= 0.6 is 0 Å². The second-order valence-corrected chi connectivity index (χ2v) is 5.52. The van der Waals surface area contributed by atoms with E-state index in [0.717, 1.165) is 6.20 Å². The lowest BCUT2D eigenvalue weighted by molar-refractivity contribution is -0.121. The van der Waals surface area contributed by atoms with Gasteiger partial charge in [-0.25, -0.2) is 19.3 Å². The fraction of sp³-hybridized carbons (Fsp3) is 0.294. The molecular formula is C17H19FN6O. The average molecular weight is 342 g/mol. The molecule has 3 aromatic heterocycles. The van der Waals surface area contributed by atoms with Crippen molar-refractivity contribution < 1.29 is 9.18 Å². The molecule has 25 heavy (non-hydrogen) atoms. The molecule has 0 saturated carbocycles. The molecule has 0 radical (unpaired) electrons. The minimum Gasteiger partial charge on any atom is -0.358 e. The number of nitrogens with zero attached hydrogens (tertiary/aromatic N) is 3. The van der Waals surface area contributed by atoms with Crippen LogP contribution in [0.3, 0.4) is 0 Å². The fourth-order valence-electron chi connectivity index (χ4n) is 2.56. The highest BCUT2D eigenvalue weighted by molar-refractivity contribution is 5.91. The van der Waals surface area contributed by atoms with Gasteiger partial charge < -0.3 is 15.6 Å². The van der Waals surface area contributed by atoms with E-state index in [1.807, 2.05) is 13.8 Å². The van der Waals surface area contributed by atoms with Crippen LogP contribution in [0, 0.1) is 5.82 Å². The Hall–Kier alpha value is -3.03. The van der Waals surface area contributed by atoms with E-state index in [2.05, 4.69) is 30.6 Å². The highest BCUT2D eigenvalue weighted by atomic mass is 19.1. The van der Waals surface area contributed by atoms with E-state index in [-0.39, 0.29) is 11.9 Å². The maximum absolute atomic E-state index is 13.5. The van der Waals surface area contributed by atoms with Crippen molar-refractivity contribution in [1.82, 2.24) is 25.3 Å². The number of anilines is 1. The molecule has 1 atom stereocenters. The molecule has 0 unspecified atom stereocenters. The van der Waals surface area contributed by atoms with Gasteiger partial charge in [0.05, 0.1) is 6.20 Å². The molecule has 130 valence electrons. The van der Waals surface area contributed by atoms with E-state index >= 15 is 0 Å². The van der Waals surface area contributed by atoms with E-state index in [1.165, 1.54) is 6.07 Å². The first kappa shape index (κ1) is 16.8. The Labute approximate surface area is 144 Å². The Bertz CT molecular complexity index is 894. The highest BCUT2D eigenvalue weighted by Gasteiger charge is 2.17. The van der Waals surface area contributed by atoms with E-state index < -0.39 is 5.82 Å². The molecule has 8 heteroatoms. The van der Waals surface area contributed by atoms with Crippen molar-refractivity contribution in [3.8, 4) is 11.4 Å². The molecule has 3 rings (SSSR count). The molecule has 0 spiro atoms. The van der Waals surface area contributed by atoms with Gasteiger partial charge in [0.2, 0.25) is 5.91 Å². The van der Waals surface area contributed by atoms with Gasteiger partial charge >= 0.3 is 0 Å². The van der Waals surface area contributed by atoms with Crippen LogP contribution in [0.4, 0.5) is 10.2 Å².